The molecule has 1 aromatic carbocycles. The lowest BCUT2D eigenvalue weighted by Gasteiger charge is -2.10. The highest BCUT2D eigenvalue weighted by molar-refractivity contribution is 5.68. The predicted molar refractivity (Wildman–Crippen MR) is 57.8 cm³/mol. The molecular formula is C10H16N2O2. The summed E-state index contributed by atoms with van der Waals surface area (Å²) in [5.41, 5.74) is 7.35. The van der Waals surface area contributed by atoms with Gasteiger partial charge in [0.25, 0.3) is 0 Å². The van der Waals surface area contributed by atoms with Crippen molar-refractivity contribution in [2.75, 3.05) is 38.4 Å². The second-order valence-corrected chi connectivity index (χ2v) is 2.87. The normalized spacial score (nSPS) is 9.86. The highest BCUT2D eigenvalue weighted by Crippen LogP contribution is 2.23. The second kappa shape index (κ2) is 5.34. The Morgan fingerprint density at radius 1 is 1.36 bits per heavy atom. The molecule has 0 heterocycles. The quantitative estimate of drug-likeness (QED) is 0.551. The van der Waals surface area contributed by atoms with E-state index < -0.39 is 0 Å². The van der Waals surface area contributed by atoms with E-state index in [0.29, 0.717) is 12.3 Å². The van der Waals surface area contributed by atoms with Crippen LogP contribution in [-0.4, -0.2) is 27.4 Å². The molecule has 4 heteroatoms. The number of rotatable bonds is 5. The third-order valence-corrected chi connectivity index (χ3v) is 1.88. The van der Waals surface area contributed by atoms with Gasteiger partial charge in [0.05, 0.1) is 25.1 Å². The number of anilines is 2. The Labute approximate surface area is 84.0 Å². The molecule has 0 aliphatic rings. The van der Waals surface area contributed by atoms with Crippen molar-refractivity contribution in [3.05, 3.63) is 18.2 Å². The number of hydrogen-bond donors (Lipinski definition) is 2. The van der Waals surface area contributed by atoms with Crippen molar-refractivity contribution in [1.82, 2.24) is 0 Å². The molecule has 0 spiro atoms. The number of nitrogens with one attached hydrogen (secondary N) is 1. The van der Waals surface area contributed by atoms with Gasteiger partial charge in [-0.15, -0.1) is 0 Å². The molecule has 0 saturated carbocycles. The van der Waals surface area contributed by atoms with Gasteiger partial charge < -0.3 is 20.5 Å². The van der Waals surface area contributed by atoms with Crippen molar-refractivity contribution >= 4 is 11.4 Å². The Morgan fingerprint density at radius 3 is 2.79 bits per heavy atom. The highest BCUT2D eigenvalue weighted by atomic mass is 16.5. The summed E-state index contributed by atoms with van der Waals surface area (Å²) in [6.07, 6.45) is 0. The van der Waals surface area contributed by atoms with Crippen LogP contribution in [0.3, 0.4) is 0 Å². The van der Waals surface area contributed by atoms with Crippen LogP contribution in [0.4, 0.5) is 11.4 Å². The van der Waals surface area contributed by atoms with Crippen molar-refractivity contribution in [1.29, 1.82) is 0 Å². The lowest BCUT2D eigenvalue weighted by Crippen LogP contribution is -2.09. The Bertz CT molecular complexity index is 289. The molecule has 0 atom stereocenters. The molecule has 14 heavy (non-hydrogen) atoms. The third kappa shape index (κ3) is 2.81. The first-order valence-electron chi connectivity index (χ1n) is 4.44. The van der Waals surface area contributed by atoms with Crippen LogP contribution >= 0.6 is 0 Å². The first kappa shape index (κ1) is 10.7. The SMILES string of the molecule is COCCNc1cc(OC)ccc1N. The van der Waals surface area contributed by atoms with Gasteiger partial charge in [0.15, 0.2) is 0 Å². The lowest BCUT2D eigenvalue weighted by molar-refractivity contribution is 0.211. The monoisotopic (exact) mass is 196 g/mol. The Balaban J connectivity index is 2.64. The minimum atomic E-state index is 0.649. The summed E-state index contributed by atoms with van der Waals surface area (Å²) in [5, 5.41) is 3.16. The number of benzene rings is 1. The van der Waals surface area contributed by atoms with Crippen LogP contribution in [-0.2, 0) is 4.74 Å². The van der Waals surface area contributed by atoms with Gasteiger partial charge in [0.2, 0.25) is 0 Å². The minimum absolute atomic E-state index is 0.649. The molecule has 0 aromatic heterocycles. The fraction of sp³-hybridized carbons (Fsp3) is 0.400. The standard InChI is InChI=1S/C10H16N2O2/c1-13-6-5-12-10-7-8(14-2)3-4-9(10)11/h3-4,7,12H,5-6,11H2,1-2H3. The van der Waals surface area contributed by atoms with Crippen molar-refractivity contribution < 1.29 is 9.47 Å². The number of nitrogen functional groups attached to an aromatic ring is 1. The molecule has 1 aromatic rings. The van der Waals surface area contributed by atoms with Gasteiger partial charge in [-0.3, -0.25) is 0 Å². The highest BCUT2D eigenvalue weighted by Gasteiger charge is 1.99. The molecule has 4 nitrogen and oxygen atoms in total. The largest absolute Gasteiger partial charge is 0.497 e. The van der Waals surface area contributed by atoms with Crippen molar-refractivity contribution in [3.63, 3.8) is 0 Å². The molecule has 0 amide bonds. The van der Waals surface area contributed by atoms with Gasteiger partial charge >= 0.3 is 0 Å². The van der Waals surface area contributed by atoms with Gasteiger partial charge in [-0.05, 0) is 12.1 Å². The molecule has 0 fully saturated rings. The molecule has 0 bridgehead atoms. The first-order chi connectivity index (χ1) is 6.77. The average Bonchev–Trinajstić information content (AvgIpc) is 2.21. The van der Waals surface area contributed by atoms with E-state index in [1.165, 1.54) is 0 Å². The Kier molecular flexibility index (Phi) is 4.07. The van der Waals surface area contributed by atoms with Crippen LogP contribution in [0.2, 0.25) is 0 Å². The maximum Gasteiger partial charge on any atom is 0.121 e. The molecule has 0 saturated heterocycles. The maximum absolute atomic E-state index is 5.77. The zero-order chi connectivity index (χ0) is 10.4. The van der Waals surface area contributed by atoms with Crippen LogP contribution in [0.1, 0.15) is 0 Å². The smallest absolute Gasteiger partial charge is 0.121 e. The molecule has 78 valence electrons. The summed E-state index contributed by atoms with van der Waals surface area (Å²) in [6, 6.07) is 5.51. The van der Waals surface area contributed by atoms with E-state index in [0.717, 1.165) is 18.0 Å². The summed E-state index contributed by atoms with van der Waals surface area (Å²) in [4.78, 5) is 0. The van der Waals surface area contributed by atoms with E-state index >= 15 is 0 Å². The maximum atomic E-state index is 5.77. The third-order valence-electron chi connectivity index (χ3n) is 1.88. The summed E-state index contributed by atoms with van der Waals surface area (Å²) in [5.74, 6) is 0.791. The van der Waals surface area contributed by atoms with E-state index in [2.05, 4.69) is 5.32 Å². The second-order valence-electron chi connectivity index (χ2n) is 2.87. The van der Waals surface area contributed by atoms with Gasteiger partial charge in [-0.25, -0.2) is 0 Å². The molecule has 1 rings (SSSR count). The zero-order valence-electron chi connectivity index (χ0n) is 8.54. The molecule has 0 unspecified atom stereocenters. The summed E-state index contributed by atoms with van der Waals surface area (Å²) >= 11 is 0. The van der Waals surface area contributed by atoms with Crippen LogP contribution in [0.25, 0.3) is 0 Å². The minimum Gasteiger partial charge on any atom is -0.497 e. The molecule has 3 N–H and O–H groups in total. The van der Waals surface area contributed by atoms with E-state index in [-0.39, 0.29) is 0 Å². The lowest BCUT2D eigenvalue weighted by atomic mass is 10.2. The number of nitrogens with two attached hydrogens (primary N) is 1. The summed E-state index contributed by atoms with van der Waals surface area (Å²) in [6.45, 7) is 1.38. The Morgan fingerprint density at radius 2 is 2.14 bits per heavy atom. The van der Waals surface area contributed by atoms with E-state index in [1.807, 2.05) is 18.2 Å². The number of hydrogen-bond acceptors (Lipinski definition) is 4. The topological polar surface area (TPSA) is 56.5 Å². The molecule has 0 radical (unpaired) electrons. The van der Waals surface area contributed by atoms with Crippen molar-refractivity contribution in [2.45, 2.75) is 0 Å². The van der Waals surface area contributed by atoms with Gasteiger partial charge in [0.1, 0.15) is 5.75 Å². The van der Waals surface area contributed by atoms with E-state index in [9.17, 15) is 0 Å². The predicted octanol–water partition coefficient (Wildman–Crippen LogP) is 1.34. The molecule has 0 aliphatic heterocycles. The first-order valence-corrected chi connectivity index (χ1v) is 4.44. The van der Waals surface area contributed by atoms with Crippen LogP contribution in [0, 0.1) is 0 Å². The van der Waals surface area contributed by atoms with Crippen molar-refractivity contribution in [2.24, 2.45) is 0 Å². The fourth-order valence-electron chi connectivity index (χ4n) is 1.10. The van der Waals surface area contributed by atoms with Gasteiger partial charge in [0, 0.05) is 19.7 Å². The molecule has 0 aliphatic carbocycles. The van der Waals surface area contributed by atoms with Crippen LogP contribution in [0.15, 0.2) is 18.2 Å². The zero-order valence-corrected chi connectivity index (χ0v) is 8.54. The van der Waals surface area contributed by atoms with Crippen molar-refractivity contribution in [3.8, 4) is 5.75 Å². The molecular weight excluding hydrogens is 180 g/mol. The van der Waals surface area contributed by atoms with Crippen LogP contribution < -0.4 is 15.8 Å². The Hall–Kier alpha value is -1.42. The van der Waals surface area contributed by atoms with E-state index in [4.69, 9.17) is 15.2 Å². The number of methoxy groups -OCH3 is 2. The number of ether oxygens (including phenoxy) is 2. The average molecular weight is 196 g/mol. The van der Waals surface area contributed by atoms with E-state index in [1.54, 1.807) is 14.2 Å². The summed E-state index contributed by atoms with van der Waals surface area (Å²) < 4.78 is 10.0. The van der Waals surface area contributed by atoms with Crippen LogP contribution in [0.5, 0.6) is 5.75 Å². The summed E-state index contributed by atoms with van der Waals surface area (Å²) in [7, 11) is 3.29. The fourth-order valence-corrected chi connectivity index (χ4v) is 1.10. The van der Waals surface area contributed by atoms with Gasteiger partial charge in [-0.2, -0.15) is 0 Å². The van der Waals surface area contributed by atoms with Gasteiger partial charge in [-0.1, -0.05) is 0 Å².